The first kappa shape index (κ1) is 11.8. The molecule has 2 rings (SSSR count). The highest BCUT2D eigenvalue weighted by molar-refractivity contribution is 5.40. The summed E-state index contributed by atoms with van der Waals surface area (Å²) in [7, 11) is 0. The van der Waals surface area contributed by atoms with Crippen molar-refractivity contribution in [2.75, 3.05) is 11.9 Å². The summed E-state index contributed by atoms with van der Waals surface area (Å²) in [5, 5.41) is 13.7. The molecule has 0 saturated heterocycles. The predicted molar refractivity (Wildman–Crippen MR) is 65.9 cm³/mol. The zero-order chi connectivity index (χ0) is 12.3. The largest absolute Gasteiger partial charge is 0.370 e. The maximum Gasteiger partial charge on any atom is 0.287 e. The van der Waals surface area contributed by atoms with E-state index in [4.69, 9.17) is 0 Å². The Kier molecular flexibility index (Phi) is 3.56. The number of nitrogens with zero attached hydrogens (tertiary/aromatic N) is 2. The molecule has 1 aromatic heterocycles. The molecule has 92 valence electrons. The summed E-state index contributed by atoms with van der Waals surface area (Å²) in [6.45, 7) is 3.19. The van der Waals surface area contributed by atoms with Crippen LogP contribution in [0.1, 0.15) is 26.2 Å². The highest BCUT2D eigenvalue weighted by Gasteiger charge is 2.22. The van der Waals surface area contributed by atoms with Gasteiger partial charge >= 0.3 is 0 Å². The van der Waals surface area contributed by atoms with Crippen molar-refractivity contribution in [1.29, 1.82) is 0 Å². The Morgan fingerprint density at radius 3 is 2.88 bits per heavy atom. The summed E-state index contributed by atoms with van der Waals surface area (Å²) < 4.78 is 0. The van der Waals surface area contributed by atoms with E-state index in [0.717, 1.165) is 18.3 Å². The lowest BCUT2D eigenvalue weighted by atomic mass is 9.98. The monoisotopic (exact) mass is 235 g/mol. The molecular formula is C12H17N3O2. The van der Waals surface area contributed by atoms with Crippen LogP contribution in [0.5, 0.6) is 0 Å². The van der Waals surface area contributed by atoms with Crippen molar-refractivity contribution >= 4 is 11.5 Å². The lowest BCUT2D eigenvalue weighted by Gasteiger charge is -2.15. The minimum Gasteiger partial charge on any atom is -0.370 e. The molecule has 5 nitrogen and oxygen atoms in total. The predicted octanol–water partition coefficient (Wildman–Crippen LogP) is 2.84. The van der Waals surface area contributed by atoms with Crippen molar-refractivity contribution in [3.05, 3.63) is 28.4 Å². The van der Waals surface area contributed by atoms with Crippen LogP contribution in [-0.4, -0.2) is 16.5 Å². The Bertz CT molecular complexity index is 391. The van der Waals surface area contributed by atoms with E-state index in [1.807, 2.05) is 0 Å². The van der Waals surface area contributed by atoms with Crippen LogP contribution in [0.2, 0.25) is 0 Å². The average Bonchev–Trinajstić information content (AvgIpc) is 2.73. The third-order valence-electron chi connectivity index (χ3n) is 3.54. The van der Waals surface area contributed by atoms with E-state index < -0.39 is 4.92 Å². The number of rotatable bonds is 4. The zero-order valence-electron chi connectivity index (χ0n) is 9.93. The number of nitro groups is 1. The van der Waals surface area contributed by atoms with E-state index >= 15 is 0 Å². The lowest BCUT2D eigenvalue weighted by molar-refractivity contribution is -0.385. The Morgan fingerprint density at radius 2 is 2.35 bits per heavy atom. The molecular weight excluding hydrogens is 218 g/mol. The first-order valence-corrected chi connectivity index (χ1v) is 6.01. The topological polar surface area (TPSA) is 68.1 Å². The molecule has 0 bridgehead atoms. The number of hydrogen-bond donors (Lipinski definition) is 1. The molecule has 17 heavy (non-hydrogen) atoms. The molecule has 1 N–H and O–H groups in total. The van der Waals surface area contributed by atoms with Crippen LogP contribution < -0.4 is 5.32 Å². The van der Waals surface area contributed by atoms with Gasteiger partial charge < -0.3 is 5.32 Å². The van der Waals surface area contributed by atoms with Crippen molar-refractivity contribution in [2.24, 2.45) is 11.8 Å². The van der Waals surface area contributed by atoms with E-state index in [2.05, 4.69) is 17.2 Å². The number of hydrogen-bond acceptors (Lipinski definition) is 4. The summed E-state index contributed by atoms with van der Waals surface area (Å²) in [5.74, 6) is 2.18. The maximum absolute atomic E-state index is 10.5. The number of pyridine rings is 1. The fourth-order valence-electron chi connectivity index (χ4n) is 2.36. The summed E-state index contributed by atoms with van der Waals surface area (Å²) >= 11 is 0. The third kappa shape index (κ3) is 2.93. The van der Waals surface area contributed by atoms with Crippen LogP contribution in [0.4, 0.5) is 11.5 Å². The van der Waals surface area contributed by atoms with Crippen molar-refractivity contribution < 1.29 is 4.92 Å². The molecule has 0 aromatic carbocycles. The van der Waals surface area contributed by atoms with Crippen LogP contribution in [0, 0.1) is 22.0 Å². The normalized spacial score (nSPS) is 23.6. The Balaban J connectivity index is 1.88. The van der Waals surface area contributed by atoms with Crippen LogP contribution in [0.15, 0.2) is 18.3 Å². The second kappa shape index (κ2) is 5.12. The fourth-order valence-corrected chi connectivity index (χ4v) is 2.36. The lowest BCUT2D eigenvalue weighted by Crippen LogP contribution is -2.16. The van der Waals surface area contributed by atoms with Gasteiger partial charge in [0.15, 0.2) is 0 Å². The molecule has 2 atom stereocenters. The van der Waals surface area contributed by atoms with Crippen LogP contribution >= 0.6 is 0 Å². The molecule has 1 fully saturated rings. The molecule has 1 aliphatic carbocycles. The summed E-state index contributed by atoms with van der Waals surface area (Å²) in [4.78, 5) is 14.1. The molecule has 2 unspecified atom stereocenters. The van der Waals surface area contributed by atoms with Gasteiger partial charge in [0, 0.05) is 12.6 Å². The molecule has 0 spiro atoms. The van der Waals surface area contributed by atoms with Crippen LogP contribution in [-0.2, 0) is 0 Å². The van der Waals surface area contributed by atoms with Crippen LogP contribution in [0.25, 0.3) is 0 Å². The van der Waals surface area contributed by atoms with Gasteiger partial charge in [-0.15, -0.1) is 0 Å². The second-order valence-corrected chi connectivity index (χ2v) is 4.71. The first-order valence-electron chi connectivity index (χ1n) is 6.01. The fraction of sp³-hybridized carbons (Fsp3) is 0.583. The van der Waals surface area contributed by atoms with Gasteiger partial charge in [-0.05, 0) is 24.3 Å². The zero-order valence-corrected chi connectivity index (χ0v) is 9.93. The van der Waals surface area contributed by atoms with E-state index in [1.165, 1.54) is 31.5 Å². The Hall–Kier alpha value is -1.65. The van der Waals surface area contributed by atoms with Gasteiger partial charge in [0.05, 0.1) is 4.92 Å². The third-order valence-corrected chi connectivity index (χ3v) is 3.54. The summed E-state index contributed by atoms with van der Waals surface area (Å²) in [5.41, 5.74) is 0.0322. The van der Waals surface area contributed by atoms with Crippen molar-refractivity contribution in [1.82, 2.24) is 4.98 Å². The number of nitrogens with one attached hydrogen (secondary N) is 1. The van der Waals surface area contributed by atoms with Crippen molar-refractivity contribution in [2.45, 2.75) is 26.2 Å². The van der Waals surface area contributed by atoms with E-state index in [0.29, 0.717) is 5.92 Å². The van der Waals surface area contributed by atoms with E-state index in [9.17, 15) is 10.1 Å². The van der Waals surface area contributed by atoms with Gasteiger partial charge in [-0.1, -0.05) is 19.8 Å². The highest BCUT2D eigenvalue weighted by Crippen LogP contribution is 2.31. The Morgan fingerprint density at radius 1 is 1.53 bits per heavy atom. The molecule has 1 saturated carbocycles. The van der Waals surface area contributed by atoms with Gasteiger partial charge in [-0.3, -0.25) is 10.1 Å². The smallest absolute Gasteiger partial charge is 0.287 e. The van der Waals surface area contributed by atoms with Gasteiger partial charge in [0.1, 0.15) is 12.0 Å². The standard InChI is InChI=1S/C12H17N3O2/c1-9-3-2-4-10(9)7-13-12-6-5-11(8-14-12)15(16)17/h5-6,8-10H,2-4,7H2,1H3,(H,13,14). The summed E-state index contributed by atoms with van der Waals surface area (Å²) in [6, 6.07) is 3.14. The molecule has 0 radical (unpaired) electrons. The van der Waals surface area contributed by atoms with Gasteiger partial charge in [-0.25, -0.2) is 4.98 Å². The second-order valence-electron chi connectivity index (χ2n) is 4.71. The SMILES string of the molecule is CC1CCCC1CNc1ccc([N+](=O)[O-])cn1. The van der Waals surface area contributed by atoms with E-state index in [-0.39, 0.29) is 5.69 Å². The highest BCUT2D eigenvalue weighted by atomic mass is 16.6. The van der Waals surface area contributed by atoms with Gasteiger partial charge in [0.25, 0.3) is 5.69 Å². The van der Waals surface area contributed by atoms with Gasteiger partial charge in [-0.2, -0.15) is 0 Å². The number of aromatic nitrogens is 1. The molecule has 5 heteroatoms. The molecule has 1 aromatic rings. The average molecular weight is 235 g/mol. The number of anilines is 1. The quantitative estimate of drug-likeness (QED) is 0.643. The first-order chi connectivity index (χ1) is 8.16. The van der Waals surface area contributed by atoms with Crippen molar-refractivity contribution in [3.63, 3.8) is 0 Å². The minimum absolute atomic E-state index is 0.0322. The molecule has 1 heterocycles. The van der Waals surface area contributed by atoms with Crippen molar-refractivity contribution in [3.8, 4) is 0 Å². The molecule has 1 aliphatic rings. The minimum atomic E-state index is -0.435. The van der Waals surface area contributed by atoms with Gasteiger partial charge in [0.2, 0.25) is 0 Å². The van der Waals surface area contributed by atoms with E-state index in [1.54, 1.807) is 6.07 Å². The maximum atomic E-state index is 10.5. The molecule has 0 amide bonds. The van der Waals surface area contributed by atoms with Crippen LogP contribution in [0.3, 0.4) is 0 Å². The Labute approximate surface area is 100 Å². The molecule has 0 aliphatic heterocycles. The summed E-state index contributed by atoms with van der Waals surface area (Å²) in [6.07, 6.45) is 5.17.